The molecule has 2 saturated carbocycles. The van der Waals surface area contributed by atoms with Crippen molar-refractivity contribution in [2.75, 3.05) is 0 Å². The highest BCUT2D eigenvalue weighted by molar-refractivity contribution is 5.34. The highest BCUT2D eigenvalue weighted by Gasteiger charge is 2.31. The Bertz CT molecular complexity index is 659. The lowest BCUT2D eigenvalue weighted by atomic mass is 9.68. The van der Waals surface area contributed by atoms with Crippen molar-refractivity contribution in [1.82, 2.24) is 0 Å². The molecule has 0 bridgehead atoms. The van der Waals surface area contributed by atoms with Gasteiger partial charge in [0, 0.05) is 0 Å². The lowest BCUT2D eigenvalue weighted by Crippen LogP contribution is -2.24. The second kappa shape index (κ2) is 8.61. The van der Waals surface area contributed by atoms with Crippen LogP contribution in [0.4, 0.5) is 22.0 Å². The Morgan fingerprint density at radius 3 is 1.78 bits per heavy atom. The summed E-state index contributed by atoms with van der Waals surface area (Å²) in [6.45, 7) is 2.30. The third-order valence-corrected chi connectivity index (χ3v) is 6.33. The predicted octanol–water partition coefficient (Wildman–Crippen LogP) is 7.48. The van der Waals surface area contributed by atoms with E-state index in [1.165, 1.54) is 25.7 Å². The summed E-state index contributed by atoms with van der Waals surface area (Å²) in [6, 6.07) is -0.132. The minimum absolute atomic E-state index is 0.0279. The van der Waals surface area contributed by atoms with E-state index in [1.54, 1.807) is 0 Å². The molecule has 0 saturated heterocycles. The molecule has 2 aliphatic rings. The van der Waals surface area contributed by atoms with Gasteiger partial charge in [0.2, 0.25) is 5.75 Å². The molecule has 150 valence electrons. The summed E-state index contributed by atoms with van der Waals surface area (Å²) in [7, 11) is 0. The molecule has 2 aliphatic carbocycles. The van der Waals surface area contributed by atoms with Crippen LogP contribution in [0.3, 0.4) is 0 Å². The van der Waals surface area contributed by atoms with E-state index in [2.05, 4.69) is 11.7 Å². The van der Waals surface area contributed by atoms with Gasteiger partial charge in [-0.1, -0.05) is 19.8 Å². The molecule has 6 heteroatoms. The molecular formula is C21H25F5O. The Morgan fingerprint density at radius 1 is 0.815 bits per heavy atom. The van der Waals surface area contributed by atoms with E-state index < -0.39 is 29.5 Å². The zero-order chi connectivity index (χ0) is 19.6. The first-order chi connectivity index (χ1) is 12.8. The average Bonchev–Trinajstić information content (AvgIpc) is 2.65. The Kier molecular flexibility index (Phi) is 6.43. The van der Waals surface area contributed by atoms with Crippen LogP contribution in [0.15, 0.2) is 24.2 Å². The number of ether oxygens (including phenoxy) is 1. The van der Waals surface area contributed by atoms with E-state index in [1.807, 2.05) is 0 Å². The van der Waals surface area contributed by atoms with Crippen LogP contribution in [-0.4, -0.2) is 0 Å². The van der Waals surface area contributed by atoms with Crippen molar-refractivity contribution in [3.05, 3.63) is 41.4 Å². The zero-order valence-electron chi connectivity index (χ0n) is 15.4. The van der Waals surface area contributed by atoms with Crippen LogP contribution >= 0.6 is 0 Å². The number of hydrogen-bond acceptors (Lipinski definition) is 1. The fraction of sp³-hybridized carbons (Fsp3) is 0.619. The first-order valence-corrected chi connectivity index (χ1v) is 9.72. The van der Waals surface area contributed by atoms with Crippen molar-refractivity contribution in [2.45, 2.75) is 64.2 Å². The van der Waals surface area contributed by atoms with Crippen LogP contribution in [0.1, 0.15) is 69.8 Å². The Hall–Kier alpha value is -1.59. The van der Waals surface area contributed by atoms with E-state index in [0.29, 0.717) is 11.5 Å². The Labute approximate surface area is 156 Å². The van der Waals surface area contributed by atoms with Crippen LogP contribution in [0.5, 0.6) is 5.75 Å². The first-order valence-electron chi connectivity index (χ1n) is 9.72. The summed E-state index contributed by atoms with van der Waals surface area (Å²) < 4.78 is 69.2. The molecule has 0 N–H and O–H groups in total. The minimum Gasteiger partial charge on any atom is -0.422 e. The SMILES string of the molecule is CC1CCC(C2CCC(c3cc(F)c(OC(F)=C(F)F)c(F)c3)CC2)CC1. The van der Waals surface area contributed by atoms with Gasteiger partial charge in [-0.25, -0.2) is 8.78 Å². The molecule has 0 amide bonds. The van der Waals surface area contributed by atoms with Crippen LogP contribution in [-0.2, 0) is 0 Å². The van der Waals surface area contributed by atoms with Crippen molar-refractivity contribution in [3.63, 3.8) is 0 Å². The van der Waals surface area contributed by atoms with Gasteiger partial charge in [-0.15, -0.1) is 0 Å². The third-order valence-electron chi connectivity index (χ3n) is 6.33. The van der Waals surface area contributed by atoms with Gasteiger partial charge in [-0.2, -0.15) is 13.2 Å². The molecule has 27 heavy (non-hydrogen) atoms. The third kappa shape index (κ3) is 4.82. The van der Waals surface area contributed by atoms with Gasteiger partial charge in [0.05, 0.1) is 0 Å². The van der Waals surface area contributed by atoms with Crippen LogP contribution in [0.25, 0.3) is 0 Å². The van der Waals surface area contributed by atoms with Crippen molar-refractivity contribution in [1.29, 1.82) is 0 Å². The fourth-order valence-corrected chi connectivity index (χ4v) is 4.72. The van der Waals surface area contributed by atoms with Crippen molar-refractivity contribution in [3.8, 4) is 5.75 Å². The lowest BCUT2D eigenvalue weighted by molar-refractivity contribution is 0.165. The van der Waals surface area contributed by atoms with Gasteiger partial charge in [-0.3, -0.25) is 0 Å². The molecule has 0 aliphatic heterocycles. The molecule has 0 heterocycles. The zero-order valence-corrected chi connectivity index (χ0v) is 15.4. The lowest BCUT2D eigenvalue weighted by Gasteiger charge is -2.37. The van der Waals surface area contributed by atoms with Gasteiger partial charge < -0.3 is 4.74 Å². The summed E-state index contributed by atoms with van der Waals surface area (Å²) in [6.07, 6.45) is 6.14. The van der Waals surface area contributed by atoms with E-state index in [-0.39, 0.29) is 5.92 Å². The molecule has 1 nitrogen and oxygen atoms in total. The van der Waals surface area contributed by atoms with Gasteiger partial charge in [0.1, 0.15) is 0 Å². The molecular weight excluding hydrogens is 363 g/mol. The average molecular weight is 388 g/mol. The molecule has 1 aromatic rings. The van der Waals surface area contributed by atoms with Gasteiger partial charge >= 0.3 is 12.1 Å². The van der Waals surface area contributed by atoms with E-state index >= 15 is 0 Å². The monoisotopic (exact) mass is 388 g/mol. The smallest absolute Gasteiger partial charge is 0.344 e. The Morgan fingerprint density at radius 2 is 1.30 bits per heavy atom. The molecule has 0 spiro atoms. The van der Waals surface area contributed by atoms with E-state index in [0.717, 1.165) is 49.7 Å². The predicted molar refractivity (Wildman–Crippen MR) is 93.2 cm³/mol. The summed E-state index contributed by atoms with van der Waals surface area (Å²) >= 11 is 0. The van der Waals surface area contributed by atoms with Crippen molar-refractivity contribution < 1.29 is 26.7 Å². The van der Waals surface area contributed by atoms with Gasteiger partial charge in [0.25, 0.3) is 0 Å². The molecule has 1 aromatic carbocycles. The quantitative estimate of drug-likeness (QED) is 0.384. The number of rotatable bonds is 4. The second-order valence-corrected chi connectivity index (χ2v) is 8.08. The number of halogens is 5. The van der Waals surface area contributed by atoms with Crippen LogP contribution < -0.4 is 4.74 Å². The molecule has 0 unspecified atom stereocenters. The molecule has 0 atom stereocenters. The highest BCUT2D eigenvalue weighted by atomic mass is 19.3. The van der Waals surface area contributed by atoms with Crippen LogP contribution in [0, 0.1) is 29.4 Å². The van der Waals surface area contributed by atoms with Crippen LogP contribution in [0.2, 0.25) is 0 Å². The molecule has 2 fully saturated rings. The fourth-order valence-electron chi connectivity index (χ4n) is 4.72. The van der Waals surface area contributed by atoms with Crippen molar-refractivity contribution in [2.24, 2.45) is 17.8 Å². The van der Waals surface area contributed by atoms with Crippen molar-refractivity contribution >= 4 is 0 Å². The molecule has 0 aromatic heterocycles. The second-order valence-electron chi connectivity index (χ2n) is 8.08. The summed E-state index contributed by atoms with van der Waals surface area (Å²) in [4.78, 5) is 0. The molecule has 3 rings (SSSR count). The largest absolute Gasteiger partial charge is 0.422 e. The topological polar surface area (TPSA) is 9.23 Å². The summed E-state index contributed by atoms with van der Waals surface area (Å²) in [5, 5.41) is 0. The number of benzene rings is 1. The maximum atomic E-state index is 14.1. The number of hydrogen-bond donors (Lipinski definition) is 0. The highest BCUT2D eigenvalue weighted by Crippen LogP contribution is 2.44. The van der Waals surface area contributed by atoms with Gasteiger partial charge in [0.15, 0.2) is 11.6 Å². The summed E-state index contributed by atoms with van der Waals surface area (Å²) in [5.41, 5.74) is 0.484. The Balaban J connectivity index is 1.63. The van der Waals surface area contributed by atoms with E-state index in [4.69, 9.17) is 0 Å². The van der Waals surface area contributed by atoms with E-state index in [9.17, 15) is 22.0 Å². The maximum absolute atomic E-state index is 14.1. The first kappa shape index (κ1) is 20.2. The minimum atomic E-state index is -2.76. The normalized spacial score (nSPS) is 28.7. The maximum Gasteiger partial charge on any atom is 0.344 e. The molecule has 0 radical (unpaired) electrons. The summed E-state index contributed by atoms with van der Waals surface area (Å²) in [5.74, 6) is -1.17. The standard InChI is InChI=1S/C21H25F5O/c1-12-2-4-13(5-3-12)14-6-8-15(9-7-14)16-10-17(22)19(18(23)11-16)27-21(26)20(24)25/h10-15H,2-9H2,1H3. The van der Waals surface area contributed by atoms with Gasteiger partial charge in [-0.05, 0) is 79.9 Å².